The minimum absolute atomic E-state index is 0.307. The van der Waals surface area contributed by atoms with E-state index in [1.54, 1.807) is 0 Å². The van der Waals surface area contributed by atoms with Gasteiger partial charge in [0, 0.05) is 13.0 Å². The molecule has 1 unspecified atom stereocenters. The molecule has 0 bridgehead atoms. The van der Waals surface area contributed by atoms with E-state index in [0.717, 1.165) is 44.8 Å². The molecule has 0 fully saturated rings. The van der Waals surface area contributed by atoms with Crippen molar-refractivity contribution in [1.82, 2.24) is 4.90 Å². The van der Waals surface area contributed by atoms with Crippen LogP contribution in [0.2, 0.25) is 0 Å². The summed E-state index contributed by atoms with van der Waals surface area (Å²) in [5.74, 6) is 1.07. The smallest absolute Gasteiger partial charge is 0.123 e. The molecule has 3 heteroatoms. The van der Waals surface area contributed by atoms with Crippen molar-refractivity contribution in [3.8, 4) is 5.75 Å². The predicted octanol–water partition coefficient (Wildman–Crippen LogP) is 2.36. The molecule has 0 saturated heterocycles. The third-order valence-corrected chi connectivity index (χ3v) is 3.64. The molecule has 1 aromatic carbocycles. The van der Waals surface area contributed by atoms with Gasteiger partial charge in [0.2, 0.25) is 0 Å². The maximum atomic E-state index is 6.05. The molecule has 106 valence electrons. The monoisotopic (exact) mass is 262 g/mol. The Morgan fingerprint density at radius 2 is 2.21 bits per heavy atom. The van der Waals surface area contributed by atoms with Crippen LogP contribution in [0.3, 0.4) is 0 Å². The van der Waals surface area contributed by atoms with Gasteiger partial charge in [0.05, 0.1) is 0 Å². The summed E-state index contributed by atoms with van der Waals surface area (Å²) in [4.78, 5) is 2.48. The lowest BCUT2D eigenvalue weighted by Gasteiger charge is -2.24. The minimum atomic E-state index is 0.307. The van der Waals surface area contributed by atoms with Crippen LogP contribution in [0.5, 0.6) is 5.75 Å². The molecule has 1 atom stereocenters. The standard InChI is InChI=1S/C16H26N2O/c1-3-8-18(9-4-7-17)12-15-11-14-10-13(2)5-6-16(14)19-15/h5-6,10,15H,3-4,7-9,11-12,17H2,1-2H3. The lowest BCUT2D eigenvalue weighted by Crippen LogP contribution is -2.36. The van der Waals surface area contributed by atoms with Gasteiger partial charge >= 0.3 is 0 Å². The van der Waals surface area contributed by atoms with Gasteiger partial charge < -0.3 is 10.5 Å². The van der Waals surface area contributed by atoms with Crippen LogP contribution in [0.1, 0.15) is 30.9 Å². The van der Waals surface area contributed by atoms with Crippen molar-refractivity contribution in [2.45, 2.75) is 39.2 Å². The van der Waals surface area contributed by atoms with Crippen LogP contribution in [0.4, 0.5) is 0 Å². The third-order valence-electron chi connectivity index (χ3n) is 3.64. The Hall–Kier alpha value is -1.06. The topological polar surface area (TPSA) is 38.5 Å². The van der Waals surface area contributed by atoms with Gasteiger partial charge in [0.1, 0.15) is 11.9 Å². The number of benzene rings is 1. The third kappa shape index (κ3) is 3.95. The first-order valence-corrected chi connectivity index (χ1v) is 7.41. The summed E-state index contributed by atoms with van der Waals surface area (Å²) in [5.41, 5.74) is 8.29. The number of rotatable bonds is 7. The van der Waals surface area contributed by atoms with Gasteiger partial charge in [-0.25, -0.2) is 0 Å². The van der Waals surface area contributed by atoms with Crippen LogP contribution in [0.15, 0.2) is 18.2 Å². The van der Waals surface area contributed by atoms with E-state index in [1.807, 2.05) is 0 Å². The Morgan fingerprint density at radius 1 is 1.37 bits per heavy atom. The zero-order valence-electron chi connectivity index (χ0n) is 12.2. The van der Waals surface area contributed by atoms with Crippen molar-refractivity contribution in [2.75, 3.05) is 26.2 Å². The van der Waals surface area contributed by atoms with Crippen LogP contribution in [-0.4, -0.2) is 37.2 Å². The summed E-state index contributed by atoms with van der Waals surface area (Å²) in [5, 5.41) is 0. The summed E-state index contributed by atoms with van der Waals surface area (Å²) in [6, 6.07) is 6.48. The molecule has 1 aliphatic heterocycles. The summed E-state index contributed by atoms with van der Waals surface area (Å²) in [7, 11) is 0. The van der Waals surface area contributed by atoms with Crippen LogP contribution in [0.25, 0.3) is 0 Å². The highest BCUT2D eigenvalue weighted by Gasteiger charge is 2.24. The Kier molecular flexibility index (Phi) is 5.23. The van der Waals surface area contributed by atoms with E-state index in [4.69, 9.17) is 10.5 Å². The largest absolute Gasteiger partial charge is 0.488 e. The Balaban J connectivity index is 1.90. The molecule has 0 spiro atoms. The fourth-order valence-electron chi connectivity index (χ4n) is 2.76. The van der Waals surface area contributed by atoms with Crippen molar-refractivity contribution < 1.29 is 4.74 Å². The van der Waals surface area contributed by atoms with E-state index >= 15 is 0 Å². The molecule has 0 amide bonds. The highest BCUT2D eigenvalue weighted by molar-refractivity contribution is 5.40. The van der Waals surface area contributed by atoms with Gasteiger partial charge in [-0.2, -0.15) is 0 Å². The van der Waals surface area contributed by atoms with E-state index in [9.17, 15) is 0 Å². The second-order valence-corrected chi connectivity index (χ2v) is 5.50. The average molecular weight is 262 g/mol. The van der Waals surface area contributed by atoms with E-state index in [0.29, 0.717) is 6.10 Å². The van der Waals surface area contributed by atoms with E-state index in [2.05, 4.69) is 36.9 Å². The quantitative estimate of drug-likeness (QED) is 0.820. The van der Waals surface area contributed by atoms with Crippen molar-refractivity contribution in [3.63, 3.8) is 0 Å². The first kappa shape index (κ1) is 14.4. The number of hydrogen-bond acceptors (Lipinski definition) is 3. The lowest BCUT2D eigenvalue weighted by molar-refractivity contribution is 0.149. The number of fused-ring (bicyclic) bond motifs is 1. The highest BCUT2D eigenvalue weighted by atomic mass is 16.5. The van der Waals surface area contributed by atoms with Crippen molar-refractivity contribution in [3.05, 3.63) is 29.3 Å². The Labute approximate surface area is 116 Å². The molecule has 0 saturated carbocycles. The Morgan fingerprint density at radius 3 is 2.95 bits per heavy atom. The maximum absolute atomic E-state index is 6.05. The second-order valence-electron chi connectivity index (χ2n) is 5.50. The molecule has 19 heavy (non-hydrogen) atoms. The van der Waals surface area contributed by atoms with E-state index < -0.39 is 0 Å². The zero-order valence-corrected chi connectivity index (χ0v) is 12.2. The number of nitrogens with zero attached hydrogens (tertiary/aromatic N) is 1. The summed E-state index contributed by atoms with van der Waals surface area (Å²) < 4.78 is 6.05. The molecule has 1 aliphatic rings. The fourth-order valence-corrected chi connectivity index (χ4v) is 2.76. The molecule has 2 N–H and O–H groups in total. The summed E-state index contributed by atoms with van der Waals surface area (Å²) >= 11 is 0. The maximum Gasteiger partial charge on any atom is 0.123 e. The van der Waals surface area contributed by atoms with Crippen molar-refractivity contribution in [1.29, 1.82) is 0 Å². The van der Waals surface area contributed by atoms with Crippen LogP contribution < -0.4 is 10.5 Å². The fraction of sp³-hybridized carbons (Fsp3) is 0.625. The normalized spacial score (nSPS) is 17.6. The molecule has 1 heterocycles. The van der Waals surface area contributed by atoms with Crippen molar-refractivity contribution in [2.24, 2.45) is 5.73 Å². The summed E-state index contributed by atoms with van der Waals surface area (Å²) in [6.07, 6.45) is 3.60. The van der Waals surface area contributed by atoms with E-state index in [-0.39, 0.29) is 0 Å². The van der Waals surface area contributed by atoms with Crippen LogP contribution in [-0.2, 0) is 6.42 Å². The second kappa shape index (κ2) is 6.92. The van der Waals surface area contributed by atoms with Gasteiger partial charge in [0.25, 0.3) is 0 Å². The van der Waals surface area contributed by atoms with Crippen LogP contribution >= 0.6 is 0 Å². The number of hydrogen-bond donors (Lipinski definition) is 1. The zero-order chi connectivity index (χ0) is 13.7. The number of aryl methyl sites for hydroxylation is 1. The summed E-state index contributed by atoms with van der Waals surface area (Å²) in [6.45, 7) is 8.36. The molecule has 0 radical (unpaired) electrons. The molecule has 3 nitrogen and oxygen atoms in total. The van der Waals surface area contributed by atoms with Gasteiger partial charge in [-0.15, -0.1) is 0 Å². The first-order chi connectivity index (χ1) is 9.22. The lowest BCUT2D eigenvalue weighted by atomic mass is 10.1. The molecular formula is C16H26N2O. The molecule has 2 rings (SSSR count). The van der Waals surface area contributed by atoms with Gasteiger partial charge in [0.15, 0.2) is 0 Å². The van der Waals surface area contributed by atoms with Gasteiger partial charge in [-0.05, 0) is 51.0 Å². The number of nitrogens with two attached hydrogens (primary N) is 1. The SMILES string of the molecule is CCCN(CCCN)CC1Cc2cc(C)ccc2O1. The van der Waals surface area contributed by atoms with Crippen LogP contribution in [0, 0.1) is 6.92 Å². The molecule has 0 aliphatic carbocycles. The number of ether oxygens (including phenoxy) is 1. The Bertz CT molecular complexity index is 406. The van der Waals surface area contributed by atoms with Gasteiger partial charge in [-0.3, -0.25) is 4.90 Å². The van der Waals surface area contributed by atoms with Crippen molar-refractivity contribution >= 4 is 0 Å². The highest BCUT2D eigenvalue weighted by Crippen LogP contribution is 2.29. The van der Waals surface area contributed by atoms with Gasteiger partial charge in [-0.1, -0.05) is 24.6 Å². The molecule has 1 aromatic rings. The molecular weight excluding hydrogens is 236 g/mol. The first-order valence-electron chi connectivity index (χ1n) is 7.41. The average Bonchev–Trinajstić information content (AvgIpc) is 2.77. The predicted molar refractivity (Wildman–Crippen MR) is 79.7 cm³/mol. The minimum Gasteiger partial charge on any atom is -0.488 e. The molecule has 0 aromatic heterocycles. The van der Waals surface area contributed by atoms with E-state index in [1.165, 1.54) is 17.5 Å².